The number of carbonyl (C=O) groups is 1. The Balaban J connectivity index is 1.80. The van der Waals surface area contributed by atoms with Crippen LogP contribution < -0.4 is 21.9 Å². The van der Waals surface area contributed by atoms with E-state index in [0.29, 0.717) is 17.7 Å². The smallest absolute Gasteiger partial charge is 0.330 e. The first-order valence-corrected chi connectivity index (χ1v) is 11.9. The highest BCUT2D eigenvalue weighted by atomic mass is 16.2. The van der Waals surface area contributed by atoms with Gasteiger partial charge < -0.3 is 10.6 Å². The molecular formula is C27H30N6O3. The second-order valence-corrected chi connectivity index (χ2v) is 9.10. The van der Waals surface area contributed by atoms with Gasteiger partial charge in [0, 0.05) is 6.54 Å². The van der Waals surface area contributed by atoms with Crippen molar-refractivity contribution in [3.8, 4) is 5.69 Å². The molecule has 0 saturated heterocycles. The molecule has 2 aromatic heterocycles. The Labute approximate surface area is 208 Å². The van der Waals surface area contributed by atoms with E-state index >= 15 is 0 Å². The number of nitrogens with zero attached hydrogens (tertiary/aromatic N) is 4. The summed E-state index contributed by atoms with van der Waals surface area (Å²) in [6.45, 7) is 6.28. The van der Waals surface area contributed by atoms with Gasteiger partial charge in [0.1, 0.15) is 5.82 Å². The maximum absolute atomic E-state index is 13.9. The van der Waals surface area contributed by atoms with Gasteiger partial charge in [-0.05, 0) is 37.0 Å². The number of hydrogen-bond donors (Lipinski definition) is 2. The number of aromatic nitrogens is 4. The van der Waals surface area contributed by atoms with Crippen LogP contribution in [0.5, 0.6) is 0 Å². The zero-order valence-corrected chi connectivity index (χ0v) is 20.6. The highest BCUT2D eigenvalue weighted by Crippen LogP contribution is 2.23. The van der Waals surface area contributed by atoms with E-state index in [2.05, 4.69) is 10.1 Å². The predicted molar refractivity (Wildman–Crippen MR) is 141 cm³/mol. The number of aromatic amines is 1. The van der Waals surface area contributed by atoms with E-state index < -0.39 is 17.2 Å². The quantitative estimate of drug-likeness (QED) is 0.396. The second kappa shape index (κ2) is 10.5. The van der Waals surface area contributed by atoms with Crippen LogP contribution in [0.3, 0.4) is 0 Å². The molecule has 0 bridgehead atoms. The lowest BCUT2D eigenvalue weighted by molar-refractivity contribution is 0.0985. The highest BCUT2D eigenvalue weighted by Gasteiger charge is 2.28. The fourth-order valence-electron chi connectivity index (χ4n) is 4.06. The van der Waals surface area contributed by atoms with Gasteiger partial charge in [0.15, 0.2) is 5.69 Å². The SMILES string of the molecule is Cc1c(C(=O)N(CCC(C)C)c2c(N)n(Cc3ccccc3)c(=O)[nH]c2=O)cnn1-c1ccccc1. The summed E-state index contributed by atoms with van der Waals surface area (Å²) in [6, 6.07) is 18.8. The Bertz CT molecular complexity index is 1470. The maximum Gasteiger partial charge on any atom is 0.330 e. The third-order valence-corrected chi connectivity index (χ3v) is 6.08. The van der Waals surface area contributed by atoms with Crippen molar-refractivity contribution in [3.63, 3.8) is 0 Å². The van der Waals surface area contributed by atoms with Gasteiger partial charge in [-0.1, -0.05) is 62.4 Å². The molecule has 36 heavy (non-hydrogen) atoms. The number of para-hydroxylation sites is 1. The van der Waals surface area contributed by atoms with Crippen LogP contribution in [0.25, 0.3) is 5.69 Å². The van der Waals surface area contributed by atoms with Crippen LogP contribution in [0.15, 0.2) is 76.4 Å². The number of nitrogens with two attached hydrogens (primary N) is 1. The maximum atomic E-state index is 13.9. The molecule has 0 radical (unpaired) electrons. The molecule has 4 aromatic rings. The summed E-state index contributed by atoms with van der Waals surface area (Å²) in [7, 11) is 0. The average Bonchev–Trinajstić information content (AvgIpc) is 3.25. The topological polar surface area (TPSA) is 119 Å². The number of nitrogen functional groups attached to an aromatic ring is 1. The zero-order valence-electron chi connectivity index (χ0n) is 20.6. The Morgan fingerprint density at radius 1 is 1.06 bits per heavy atom. The minimum absolute atomic E-state index is 0.0388. The summed E-state index contributed by atoms with van der Waals surface area (Å²) in [4.78, 5) is 43.3. The molecule has 9 heteroatoms. The molecule has 1 amide bonds. The van der Waals surface area contributed by atoms with Gasteiger partial charge in [0.05, 0.1) is 29.7 Å². The van der Waals surface area contributed by atoms with Gasteiger partial charge in [-0.2, -0.15) is 5.10 Å². The minimum atomic E-state index is -0.702. The van der Waals surface area contributed by atoms with Gasteiger partial charge in [-0.15, -0.1) is 0 Å². The van der Waals surface area contributed by atoms with Crippen LogP contribution in [0.1, 0.15) is 41.9 Å². The van der Waals surface area contributed by atoms with E-state index in [1.54, 1.807) is 11.6 Å². The van der Waals surface area contributed by atoms with Crippen molar-refractivity contribution in [3.05, 3.63) is 105 Å². The number of rotatable bonds is 8. The molecule has 0 atom stereocenters. The molecule has 9 nitrogen and oxygen atoms in total. The summed E-state index contributed by atoms with van der Waals surface area (Å²) in [5.74, 6) is -0.195. The van der Waals surface area contributed by atoms with Crippen molar-refractivity contribution < 1.29 is 4.79 Å². The lowest BCUT2D eigenvalue weighted by atomic mass is 10.1. The second-order valence-electron chi connectivity index (χ2n) is 9.10. The minimum Gasteiger partial charge on any atom is -0.383 e. The van der Waals surface area contributed by atoms with E-state index in [0.717, 1.165) is 11.3 Å². The predicted octanol–water partition coefficient (Wildman–Crippen LogP) is 3.35. The molecule has 0 unspecified atom stereocenters. The fourth-order valence-corrected chi connectivity index (χ4v) is 4.06. The molecular weight excluding hydrogens is 456 g/mol. The summed E-state index contributed by atoms with van der Waals surface area (Å²) < 4.78 is 2.96. The van der Waals surface area contributed by atoms with Crippen molar-refractivity contribution in [1.29, 1.82) is 0 Å². The third kappa shape index (κ3) is 5.00. The summed E-state index contributed by atoms with van der Waals surface area (Å²) in [6.07, 6.45) is 2.13. The van der Waals surface area contributed by atoms with E-state index in [1.165, 1.54) is 15.7 Å². The molecule has 4 rings (SSSR count). The first-order valence-electron chi connectivity index (χ1n) is 11.9. The number of nitrogens with one attached hydrogen (secondary N) is 1. The molecule has 0 saturated carbocycles. The van der Waals surface area contributed by atoms with Crippen LogP contribution >= 0.6 is 0 Å². The lowest BCUT2D eigenvalue weighted by Crippen LogP contribution is -2.42. The van der Waals surface area contributed by atoms with Gasteiger partial charge in [-0.3, -0.25) is 19.1 Å². The van der Waals surface area contributed by atoms with Crippen molar-refractivity contribution in [1.82, 2.24) is 19.3 Å². The summed E-state index contributed by atoms with van der Waals surface area (Å²) in [5, 5.41) is 4.41. The Kier molecular flexibility index (Phi) is 7.19. The number of anilines is 2. The molecule has 2 aromatic carbocycles. The zero-order chi connectivity index (χ0) is 25.8. The standard InChI is InChI=1S/C27H30N6O3/c1-18(2)14-15-31(26(35)22-16-29-33(19(22)3)21-12-8-5-9-13-21)23-24(28)32(27(36)30-25(23)34)17-20-10-6-4-7-11-20/h4-13,16,18H,14-15,17,28H2,1-3H3,(H,30,34,36). The Morgan fingerprint density at radius 3 is 2.33 bits per heavy atom. The molecule has 0 aliphatic carbocycles. The fraction of sp³-hybridized carbons (Fsp3) is 0.259. The van der Waals surface area contributed by atoms with Gasteiger partial charge >= 0.3 is 5.69 Å². The van der Waals surface area contributed by atoms with E-state index in [9.17, 15) is 14.4 Å². The van der Waals surface area contributed by atoms with Crippen LogP contribution in [-0.4, -0.2) is 31.8 Å². The monoisotopic (exact) mass is 486 g/mol. The van der Waals surface area contributed by atoms with Crippen LogP contribution in [-0.2, 0) is 6.54 Å². The molecule has 186 valence electrons. The van der Waals surface area contributed by atoms with Gasteiger partial charge in [0.25, 0.3) is 11.5 Å². The number of amides is 1. The Morgan fingerprint density at radius 2 is 1.69 bits per heavy atom. The van der Waals surface area contributed by atoms with Crippen LogP contribution in [0, 0.1) is 12.8 Å². The van der Waals surface area contributed by atoms with Crippen molar-refractivity contribution in [2.24, 2.45) is 5.92 Å². The number of benzene rings is 2. The molecule has 0 aliphatic heterocycles. The summed E-state index contributed by atoms with van der Waals surface area (Å²) >= 11 is 0. The van der Waals surface area contributed by atoms with E-state index in [1.807, 2.05) is 74.5 Å². The molecule has 0 aliphatic rings. The molecule has 3 N–H and O–H groups in total. The normalized spacial score (nSPS) is 11.1. The number of H-pyrrole nitrogens is 1. The average molecular weight is 487 g/mol. The highest BCUT2D eigenvalue weighted by molar-refractivity contribution is 6.07. The van der Waals surface area contributed by atoms with E-state index in [-0.39, 0.29) is 30.5 Å². The van der Waals surface area contributed by atoms with Crippen LogP contribution in [0.4, 0.5) is 11.5 Å². The van der Waals surface area contributed by atoms with Crippen LogP contribution in [0.2, 0.25) is 0 Å². The van der Waals surface area contributed by atoms with Gasteiger partial charge in [-0.25, -0.2) is 9.48 Å². The van der Waals surface area contributed by atoms with Crippen molar-refractivity contribution in [2.75, 3.05) is 17.2 Å². The largest absolute Gasteiger partial charge is 0.383 e. The van der Waals surface area contributed by atoms with Crippen molar-refractivity contribution >= 4 is 17.4 Å². The number of carbonyl (C=O) groups excluding carboxylic acids is 1. The molecule has 0 spiro atoms. The lowest BCUT2D eigenvalue weighted by Gasteiger charge is -2.25. The first kappa shape index (κ1) is 24.7. The third-order valence-electron chi connectivity index (χ3n) is 6.08. The molecule has 0 fully saturated rings. The van der Waals surface area contributed by atoms with Gasteiger partial charge in [0.2, 0.25) is 0 Å². The first-order chi connectivity index (χ1) is 17.3. The van der Waals surface area contributed by atoms with Crippen molar-refractivity contribution in [2.45, 2.75) is 33.7 Å². The Hall–Kier alpha value is -4.40. The molecule has 2 heterocycles. The van der Waals surface area contributed by atoms with E-state index in [4.69, 9.17) is 5.73 Å². The number of hydrogen-bond acceptors (Lipinski definition) is 5. The summed E-state index contributed by atoms with van der Waals surface area (Å²) in [5.41, 5.74) is 7.68.